The predicted octanol–water partition coefficient (Wildman–Crippen LogP) is 6.63. The molecule has 0 saturated carbocycles. The molecule has 3 aromatic rings. The van der Waals surface area contributed by atoms with Gasteiger partial charge in [-0.1, -0.05) is 48.5 Å². The van der Waals surface area contributed by atoms with Crippen molar-refractivity contribution in [1.82, 2.24) is 0 Å². The van der Waals surface area contributed by atoms with Gasteiger partial charge in [-0.25, -0.2) is 0 Å². The third-order valence-corrected chi connectivity index (χ3v) is 8.22. The summed E-state index contributed by atoms with van der Waals surface area (Å²) in [5.41, 5.74) is 8.43. The number of benzene rings is 3. The van der Waals surface area contributed by atoms with Crippen LogP contribution in [0, 0.1) is 48.5 Å². The summed E-state index contributed by atoms with van der Waals surface area (Å²) in [5.74, 6) is 0. The first-order chi connectivity index (χ1) is 14.1. The third kappa shape index (κ3) is 3.89. The average molecular weight is 417 g/mol. The molecule has 0 radical (unpaired) electrons. The fourth-order valence-corrected chi connectivity index (χ4v) is 6.28. The fourth-order valence-electron chi connectivity index (χ4n) is 4.02. The van der Waals surface area contributed by atoms with Gasteiger partial charge in [0.25, 0.3) is 0 Å². The molecule has 0 aliphatic heterocycles. The van der Waals surface area contributed by atoms with Gasteiger partial charge in [-0.15, -0.1) is 0 Å². The molecule has 0 aromatic heterocycles. The molecule has 30 heavy (non-hydrogen) atoms. The zero-order valence-corrected chi connectivity index (χ0v) is 19.8. The molecule has 154 valence electrons. The first-order valence-corrected chi connectivity index (χ1v) is 11.6. The third-order valence-electron chi connectivity index (χ3n) is 6.15. The van der Waals surface area contributed by atoms with E-state index in [0.29, 0.717) is 11.1 Å². The van der Waals surface area contributed by atoms with Crippen molar-refractivity contribution in [3.63, 3.8) is 0 Å². The lowest BCUT2D eigenvalue weighted by molar-refractivity contribution is 0.105. The standard InChI is InChI=1S/C27H29O2P/c1-16-13-14-17(2)24(21(16)6)26(28)30(23-11-9-8-10-12-23)27(29)25-19(4)15-18(3)20(5)22(25)7/h8-15H,1-7H3. The van der Waals surface area contributed by atoms with Gasteiger partial charge in [0.15, 0.2) is 11.0 Å². The summed E-state index contributed by atoms with van der Waals surface area (Å²) in [6, 6.07) is 15.6. The molecule has 0 spiro atoms. The van der Waals surface area contributed by atoms with E-state index < -0.39 is 7.92 Å². The van der Waals surface area contributed by atoms with E-state index in [2.05, 4.69) is 13.0 Å². The van der Waals surface area contributed by atoms with Crippen molar-refractivity contribution in [1.29, 1.82) is 0 Å². The van der Waals surface area contributed by atoms with Crippen molar-refractivity contribution in [3.05, 3.63) is 98.6 Å². The van der Waals surface area contributed by atoms with E-state index in [4.69, 9.17) is 0 Å². The molecular weight excluding hydrogens is 387 g/mol. The normalized spacial score (nSPS) is 12.0. The quantitative estimate of drug-likeness (QED) is 0.437. The number of hydrogen-bond acceptors (Lipinski definition) is 2. The van der Waals surface area contributed by atoms with Crippen molar-refractivity contribution in [2.24, 2.45) is 0 Å². The Bertz CT molecular complexity index is 1140. The van der Waals surface area contributed by atoms with Crippen LogP contribution in [0.25, 0.3) is 0 Å². The van der Waals surface area contributed by atoms with Gasteiger partial charge in [-0.2, -0.15) is 0 Å². The van der Waals surface area contributed by atoms with Crippen molar-refractivity contribution in [2.45, 2.75) is 48.5 Å². The van der Waals surface area contributed by atoms with Crippen LogP contribution in [-0.2, 0) is 0 Å². The summed E-state index contributed by atoms with van der Waals surface area (Å²) in [6.45, 7) is 14.0. The van der Waals surface area contributed by atoms with Crippen LogP contribution in [0.4, 0.5) is 0 Å². The Morgan fingerprint density at radius 1 is 0.567 bits per heavy atom. The summed E-state index contributed by atoms with van der Waals surface area (Å²) in [5, 5.41) is 0.805. The van der Waals surface area contributed by atoms with Gasteiger partial charge in [-0.05, 0) is 92.7 Å². The van der Waals surface area contributed by atoms with Crippen LogP contribution in [0.3, 0.4) is 0 Å². The van der Waals surface area contributed by atoms with E-state index in [1.54, 1.807) is 0 Å². The number of carbonyl (C=O) groups is 2. The maximum absolute atomic E-state index is 14.0. The molecule has 0 N–H and O–H groups in total. The summed E-state index contributed by atoms with van der Waals surface area (Å²) < 4.78 is 0. The van der Waals surface area contributed by atoms with Gasteiger partial charge in [0.2, 0.25) is 0 Å². The molecule has 1 unspecified atom stereocenters. The van der Waals surface area contributed by atoms with E-state index in [1.807, 2.05) is 84.0 Å². The van der Waals surface area contributed by atoms with Gasteiger partial charge < -0.3 is 0 Å². The molecule has 0 bridgehead atoms. The molecule has 3 aromatic carbocycles. The zero-order valence-electron chi connectivity index (χ0n) is 18.9. The lowest BCUT2D eigenvalue weighted by Gasteiger charge is -2.22. The predicted molar refractivity (Wildman–Crippen MR) is 128 cm³/mol. The lowest BCUT2D eigenvalue weighted by Crippen LogP contribution is -2.19. The highest BCUT2D eigenvalue weighted by Crippen LogP contribution is 2.45. The Hall–Kier alpha value is -2.57. The van der Waals surface area contributed by atoms with Gasteiger partial charge in [0.05, 0.1) is 7.92 Å². The highest BCUT2D eigenvalue weighted by atomic mass is 31.1. The highest BCUT2D eigenvalue weighted by molar-refractivity contribution is 7.96. The Morgan fingerprint density at radius 3 is 1.70 bits per heavy atom. The second-order valence-corrected chi connectivity index (χ2v) is 10.1. The zero-order chi connectivity index (χ0) is 22.2. The Labute approximate surface area is 181 Å². The molecule has 3 heteroatoms. The SMILES string of the molecule is Cc1cc(C)c(C(=O)P(C(=O)c2c(C)ccc(C)c2C)c2ccccc2)c(C)c1C. The highest BCUT2D eigenvalue weighted by Gasteiger charge is 2.33. The van der Waals surface area contributed by atoms with E-state index in [0.717, 1.165) is 38.7 Å². The number of aryl methyl sites for hydroxylation is 4. The van der Waals surface area contributed by atoms with Crippen LogP contribution in [0.1, 0.15) is 59.7 Å². The van der Waals surface area contributed by atoms with Crippen molar-refractivity contribution in [2.75, 3.05) is 0 Å². The molecule has 0 amide bonds. The second kappa shape index (κ2) is 8.66. The largest absolute Gasteiger partial charge is 0.288 e. The van der Waals surface area contributed by atoms with E-state index >= 15 is 0 Å². The van der Waals surface area contributed by atoms with Crippen LogP contribution < -0.4 is 5.30 Å². The van der Waals surface area contributed by atoms with Crippen molar-refractivity contribution >= 4 is 24.3 Å². The molecular formula is C27H29O2P. The summed E-state index contributed by atoms with van der Waals surface area (Å²) in [6.07, 6.45) is 0. The fraction of sp³-hybridized carbons (Fsp3) is 0.259. The summed E-state index contributed by atoms with van der Waals surface area (Å²) in [7, 11) is -1.71. The van der Waals surface area contributed by atoms with E-state index in [9.17, 15) is 9.59 Å². The van der Waals surface area contributed by atoms with Crippen LogP contribution in [-0.4, -0.2) is 11.0 Å². The van der Waals surface area contributed by atoms with Crippen molar-refractivity contribution in [3.8, 4) is 0 Å². The smallest absolute Gasteiger partial charge is 0.197 e. The summed E-state index contributed by atoms with van der Waals surface area (Å²) >= 11 is 0. The summed E-state index contributed by atoms with van der Waals surface area (Å²) in [4.78, 5) is 27.9. The molecule has 0 fully saturated rings. The number of rotatable bonds is 5. The van der Waals surface area contributed by atoms with Gasteiger partial charge in [-0.3, -0.25) is 9.59 Å². The molecule has 0 aliphatic carbocycles. The minimum atomic E-state index is -1.71. The molecule has 1 atom stereocenters. The monoisotopic (exact) mass is 416 g/mol. The Kier molecular flexibility index (Phi) is 6.38. The molecule has 2 nitrogen and oxygen atoms in total. The molecule has 0 heterocycles. The maximum Gasteiger partial charge on any atom is 0.197 e. The first kappa shape index (κ1) is 22.1. The maximum atomic E-state index is 14.0. The lowest BCUT2D eigenvalue weighted by atomic mass is 9.95. The van der Waals surface area contributed by atoms with Crippen LogP contribution in [0.5, 0.6) is 0 Å². The van der Waals surface area contributed by atoms with Crippen molar-refractivity contribution < 1.29 is 9.59 Å². The van der Waals surface area contributed by atoms with E-state index in [1.165, 1.54) is 5.56 Å². The van der Waals surface area contributed by atoms with Gasteiger partial charge in [0, 0.05) is 11.1 Å². The average Bonchev–Trinajstić information content (AvgIpc) is 2.70. The van der Waals surface area contributed by atoms with Gasteiger partial charge >= 0.3 is 0 Å². The Balaban J connectivity index is 2.25. The van der Waals surface area contributed by atoms with Crippen LogP contribution >= 0.6 is 7.92 Å². The molecule has 0 aliphatic rings. The minimum Gasteiger partial charge on any atom is -0.288 e. The topological polar surface area (TPSA) is 34.1 Å². The van der Waals surface area contributed by atoms with E-state index in [-0.39, 0.29) is 11.0 Å². The minimum absolute atomic E-state index is 0.0559. The van der Waals surface area contributed by atoms with Crippen LogP contribution in [0.15, 0.2) is 48.5 Å². The first-order valence-electron chi connectivity index (χ1n) is 10.2. The molecule has 0 saturated heterocycles. The second-order valence-electron chi connectivity index (χ2n) is 8.12. The van der Waals surface area contributed by atoms with Gasteiger partial charge in [0.1, 0.15) is 0 Å². The number of carbonyl (C=O) groups excluding carboxylic acids is 2. The van der Waals surface area contributed by atoms with Crippen LogP contribution in [0.2, 0.25) is 0 Å². The molecule has 3 rings (SSSR count). The Morgan fingerprint density at radius 2 is 1.10 bits per heavy atom. The number of hydrogen-bond donors (Lipinski definition) is 0.